The highest BCUT2D eigenvalue weighted by Gasteiger charge is 2.42. The van der Waals surface area contributed by atoms with Gasteiger partial charge in [-0.25, -0.2) is 9.97 Å². The van der Waals surface area contributed by atoms with Crippen molar-refractivity contribution in [2.75, 3.05) is 0 Å². The molecule has 0 amide bonds. The number of halogens is 1. The Hall–Kier alpha value is -2.19. The SMILES string of the molecule is Clc1nc(Cc2ccccc2)nc2c1C1(CCCCC1)Cc1ccccc1-2. The largest absolute Gasteiger partial charge is 0.232 e. The highest BCUT2D eigenvalue weighted by molar-refractivity contribution is 6.30. The Morgan fingerprint density at radius 2 is 1.59 bits per heavy atom. The van der Waals surface area contributed by atoms with Crippen LogP contribution in [0.4, 0.5) is 0 Å². The normalized spacial score (nSPS) is 17.4. The van der Waals surface area contributed by atoms with E-state index in [1.54, 1.807) is 0 Å². The number of hydrogen-bond donors (Lipinski definition) is 0. The third kappa shape index (κ3) is 2.96. The van der Waals surface area contributed by atoms with E-state index in [1.165, 1.54) is 54.4 Å². The van der Waals surface area contributed by atoms with Crippen LogP contribution < -0.4 is 0 Å². The zero-order valence-corrected chi connectivity index (χ0v) is 16.2. The summed E-state index contributed by atoms with van der Waals surface area (Å²) in [5.74, 6) is 0.813. The minimum atomic E-state index is 0.115. The van der Waals surface area contributed by atoms with E-state index in [0.717, 1.165) is 17.9 Å². The zero-order valence-electron chi connectivity index (χ0n) is 15.4. The van der Waals surface area contributed by atoms with E-state index in [-0.39, 0.29) is 5.41 Å². The molecule has 1 aromatic heterocycles. The number of hydrogen-bond acceptors (Lipinski definition) is 2. The van der Waals surface area contributed by atoms with Crippen molar-refractivity contribution < 1.29 is 0 Å². The lowest BCUT2D eigenvalue weighted by atomic mass is 9.62. The van der Waals surface area contributed by atoms with E-state index in [2.05, 4.69) is 48.5 Å². The smallest absolute Gasteiger partial charge is 0.137 e. The molecule has 136 valence electrons. The van der Waals surface area contributed by atoms with Crippen LogP contribution in [0, 0.1) is 0 Å². The fourth-order valence-corrected chi connectivity index (χ4v) is 5.40. The van der Waals surface area contributed by atoms with E-state index >= 15 is 0 Å². The van der Waals surface area contributed by atoms with Crippen molar-refractivity contribution >= 4 is 11.6 Å². The fraction of sp³-hybridized carbons (Fsp3) is 0.333. The molecule has 3 aromatic rings. The van der Waals surface area contributed by atoms with Gasteiger partial charge in [-0.3, -0.25) is 0 Å². The molecule has 0 saturated heterocycles. The van der Waals surface area contributed by atoms with Crippen molar-refractivity contribution in [2.45, 2.75) is 50.4 Å². The fourth-order valence-electron chi connectivity index (χ4n) is 5.01. The predicted molar refractivity (Wildman–Crippen MR) is 110 cm³/mol. The highest BCUT2D eigenvalue weighted by atomic mass is 35.5. The first kappa shape index (κ1) is 16.9. The van der Waals surface area contributed by atoms with Gasteiger partial charge < -0.3 is 0 Å². The first-order chi connectivity index (χ1) is 13.3. The molecule has 1 saturated carbocycles. The minimum absolute atomic E-state index is 0.115. The number of fused-ring (bicyclic) bond motifs is 4. The van der Waals surface area contributed by atoms with E-state index in [9.17, 15) is 0 Å². The highest BCUT2D eigenvalue weighted by Crippen LogP contribution is 2.51. The minimum Gasteiger partial charge on any atom is -0.232 e. The molecule has 0 bridgehead atoms. The predicted octanol–water partition coefficient (Wildman–Crippen LogP) is 6.15. The summed E-state index contributed by atoms with van der Waals surface area (Å²) >= 11 is 6.85. The molecular formula is C24H23ClN2. The van der Waals surface area contributed by atoms with Crippen LogP contribution in [0.15, 0.2) is 54.6 Å². The second kappa shape index (κ2) is 6.76. The summed E-state index contributed by atoms with van der Waals surface area (Å²) in [6.45, 7) is 0. The summed E-state index contributed by atoms with van der Waals surface area (Å²) in [4.78, 5) is 9.82. The zero-order chi connectivity index (χ0) is 18.3. The van der Waals surface area contributed by atoms with Crippen molar-refractivity contribution in [1.29, 1.82) is 0 Å². The molecule has 3 heteroatoms. The Labute approximate surface area is 165 Å². The molecule has 1 fully saturated rings. The van der Waals surface area contributed by atoms with E-state index < -0.39 is 0 Å². The summed E-state index contributed by atoms with van der Waals surface area (Å²) in [6, 6.07) is 19.1. The van der Waals surface area contributed by atoms with Crippen LogP contribution in [0.3, 0.4) is 0 Å². The number of nitrogens with zero attached hydrogens (tertiary/aromatic N) is 2. The van der Waals surface area contributed by atoms with Gasteiger partial charge in [0.05, 0.1) is 5.69 Å². The van der Waals surface area contributed by atoms with Crippen molar-refractivity contribution in [3.05, 3.63) is 82.3 Å². The van der Waals surface area contributed by atoms with Crippen LogP contribution in [0.2, 0.25) is 5.15 Å². The van der Waals surface area contributed by atoms with Crippen LogP contribution in [-0.2, 0) is 18.3 Å². The Morgan fingerprint density at radius 1 is 0.852 bits per heavy atom. The quantitative estimate of drug-likeness (QED) is 0.503. The lowest BCUT2D eigenvalue weighted by Gasteiger charge is -2.42. The van der Waals surface area contributed by atoms with Gasteiger partial charge in [0.2, 0.25) is 0 Å². The molecular weight excluding hydrogens is 352 g/mol. The van der Waals surface area contributed by atoms with E-state index in [0.29, 0.717) is 11.6 Å². The molecule has 2 aromatic carbocycles. The van der Waals surface area contributed by atoms with Crippen molar-refractivity contribution in [3.63, 3.8) is 0 Å². The molecule has 0 radical (unpaired) electrons. The average molecular weight is 375 g/mol. The molecule has 0 unspecified atom stereocenters. The van der Waals surface area contributed by atoms with Gasteiger partial charge in [-0.15, -0.1) is 0 Å². The number of rotatable bonds is 2. The van der Waals surface area contributed by atoms with Gasteiger partial charge in [0.1, 0.15) is 11.0 Å². The molecule has 0 aliphatic heterocycles. The third-order valence-electron chi connectivity index (χ3n) is 6.26. The molecule has 0 atom stereocenters. The summed E-state index contributed by atoms with van der Waals surface area (Å²) in [5, 5.41) is 0.669. The lowest BCUT2D eigenvalue weighted by molar-refractivity contribution is 0.287. The van der Waals surface area contributed by atoms with Gasteiger partial charge in [-0.1, -0.05) is 85.5 Å². The first-order valence-electron chi connectivity index (χ1n) is 9.94. The van der Waals surface area contributed by atoms with Crippen LogP contribution >= 0.6 is 11.6 Å². The Kier molecular flexibility index (Phi) is 4.24. The van der Waals surface area contributed by atoms with E-state index in [1.807, 2.05) is 6.07 Å². The second-order valence-electron chi connectivity index (χ2n) is 7.99. The molecule has 5 rings (SSSR count). The van der Waals surface area contributed by atoms with Gasteiger partial charge in [-0.05, 0) is 30.4 Å². The summed E-state index contributed by atoms with van der Waals surface area (Å²) in [7, 11) is 0. The first-order valence-corrected chi connectivity index (χ1v) is 10.3. The molecule has 2 nitrogen and oxygen atoms in total. The van der Waals surface area contributed by atoms with Crippen molar-refractivity contribution in [2.24, 2.45) is 0 Å². The van der Waals surface area contributed by atoms with Gasteiger partial charge in [0.15, 0.2) is 0 Å². The maximum Gasteiger partial charge on any atom is 0.137 e. The standard InChI is InChI=1S/C24H23ClN2/c25-23-21-22(26-20(27-23)15-17-9-3-1-4-10-17)19-12-6-5-11-18(19)16-24(21)13-7-2-8-14-24/h1,3-6,9-12H,2,7-8,13-16H2. The maximum atomic E-state index is 6.85. The Morgan fingerprint density at radius 3 is 2.41 bits per heavy atom. The monoisotopic (exact) mass is 374 g/mol. The van der Waals surface area contributed by atoms with Crippen molar-refractivity contribution in [1.82, 2.24) is 9.97 Å². The average Bonchev–Trinajstić information content (AvgIpc) is 2.69. The maximum absolute atomic E-state index is 6.85. The summed E-state index contributed by atoms with van der Waals surface area (Å²) in [6.07, 6.45) is 8.02. The Balaban J connectivity index is 1.67. The molecule has 1 heterocycles. The van der Waals surface area contributed by atoms with Crippen LogP contribution in [0.25, 0.3) is 11.3 Å². The Bertz CT molecular complexity index is 975. The molecule has 27 heavy (non-hydrogen) atoms. The van der Waals surface area contributed by atoms with E-state index in [4.69, 9.17) is 21.6 Å². The van der Waals surface area contributed by atoms with Gasteiger partial charge >= 0.3 is 0 Å². The molecule has 0 N–H and O–H groups in total. The number of benzene rings is 2. The molecule has 1 spiro atoms. The van der Waals surface area contributed by atoms with Crippen LogP contribution in [-0.4, -0.2) is 9.97 Å². The molecule has 2 aliphatic carbocycles. The molecule has 2 aliphatic rings. The van der Waals surface area contributed by atoms with Gasteiger partial charge in [0.25, 0.3) is 0 Å². The number of aromatic nitrogens is 2. The van der Waals surface area contributed by atoms with Crippen molar-refractivity contribution in [3.8, 4) is 11.3 Å². The summed E-state index contributed by atoms with van der Waals surface area (Å²) < 4.78 is 0. The second-order valence-corrected chi connectivity index (χ2v) is 8.35. The topological polar surface area (TPSA) is 25.8 Å². The third-order valence-corrected chi connectivity index (χ3v) is 6.53. The summed E-state index contributed by atoms with van der Waals surface area (Å²) in [5.41, 5.74) is 6.26. The van der Waals surface area contributed by atoms with Crippen LogP contribution in [0.1, 0.15) is 54.6 Å². The van der Waals surface area contributed by atoms with Gasteiger partial charge in [-0.2, -0.15) is 0 Å². The lowest BCUT2D eigenvalue weighted by Crippen LogP contribution is -2.36. The van der Waals surface area contributed by atoms with Crippen LogP contribution in [0.5, 0.6) is 0 Å². The van der Waals surface area contributed by atoms with Gasteiger partial charge in [0, 0.05) is 23.0 Å².